The van der Waals surface area contributed by atoms with Gasteiger partial charge < -0.3 is 14.8 Å². The summed E-state index contributed by atoms with van der Waals surface area (Å²) in [6, 6.07) is 16.5. The Bertz CT molecular complexity index is 993. The fourth-order valence-electron chi connectivity index (χ4n) is 3.87. The fourth-order valence-corrected chi connectivity index (χ4v) is 3.87. The molecule has 5 nitrogen and oxygen atoms in total. The summed E-state index contributed by atoms with van der Waals surface area (Å²) in [7, 11) is 0. The van der Waals surface area contributed by atoms with Crippen molar-refractivity contribution >= 4 is 11.7 Å². The van der Waals surface area contributed by atoms with Crippen molar-refractivity contribution < 1.29 is 4.79 Å². The normalized spacial score (nSPS) is 16.4. The first-order chi connectivity index (χ1) is 13.5. The van der Waals surface area contributed by atoms with Crippen LogP contribution in [0, 0.1) is 20.8 Å². The number of imidazole rings is 1. The predicted molar refractivity (Wildman–Crippen MR) is 113 cm³/mol. The summed E-state index contributed by atoms with van der Waals surface area (Å²) in [4.78, 5) is 19.3. The maximum atomic E-state index is 12.8. The number of urea groups is 1. The molecule has 5 heteroatoms. The fraction of sp³-hybridized carbons (Fsp3) is 0.304. The number of anilines is 1. The minimum absolute atomic E-state index is 0.0372. The van der Waals surface area contributed by atoms with E-state index in [1.54, 1.807) is 0 Å². The smallest absolute Gasteiger partial charge is 0.321 e. The van der Waals surface area contributed by atoms with Crippen molar-refractivity contribution in [3.63, 3.8) is 0 Å². The minimum Gasteiger partial charge on any atom is -0.323 e. The molecule has 1 saturated heterocycles. The number of likely N-dealkylation sites (tertiary alicyclic amines) is 1. The summed E-state index contributed by atoms with van der Waals surface area (Å²) < 4.78 is 2.28. The topological polar surface area (TPSA) is 50.2 Å². The number of aromatic nitrogens is 2. The molecule has 0 radical (unpaired) electrons. The van der Waals surface area contributed by atoms with Gasteiger partial charge in [0.25, 0.3) is 0 Å². The maximum absolute atomic E-state index is 12.8. The van der Waals surface area contributed by atoms with Crippen LogP contribution in [0.25, 0.3) is 11.4 Å². The van der Waals surface area contributed by atoms with E-state index in [4.69, 9.17) is 0 Å². The summed E-state index contributed by atoms with van der Waals surface area (Å²) in [5.74, 6) is 0.972. The van der Waals surface area contributed by atoms with Crippen LogP contribution in [0.1, 0.15) is 29.3 Å². The second-order valence-corrected chi connectivity index (χ2v) is 7.58. The van der Waals surface area contributed by atoms with Gasteiger partial charge in [-0.15, -0.1) is 0 Å². The lowest BCUT2D eigenvalue weighted by atomic mass is 10.1. The third-order valence-corrected chi connectivity index (χ3v) is 5.59. The quantitative estimate of drug-likeness (QED) is 0.705. The SMILES string of the molecule is Cc1ccc(NC(=O)N2CCC(n3c(C)cnc3-c3ccccc3)C2)cc1C. The lowest BCUT2D eigenvalue weighted by Gasteiger charge is -2.20. The molecule has 3 aromatic rings. The number of carbonyl (C=O) groups excluding carboxylic acids is 1. The predicted octanol–water partition coefficient (Wildman–Crippen LogP) is 4.95. The van der Waals surface area contributed by atoms with Gasteiger partial charge in [0.1, 0.15) is 5.82 Å². The minimum atomic E-state index is -0.0372. The van der Waals surface area contributed by atoms with Crippen molar-refractivity contribution in [3.8, 4) is 11.4 Å². The average Bonchev–Trinajstić information content (AvgIpc) is 3.32. The summed E-state index contributed by atoms with van der Waals surface area (Å²) in [6.45, 7) is 7.64. The van der Waals surface area contributed by atoms with Crippen LogP contribution in [-0.4, -0.2) is 33.6 Å². The van der Waals surface area contributed by atoms with Gasteiger partial charge in [0, 0.05) is 36.2 Å². The largest absolute Gasteiger partial charge is 0.323 e. The van der Waals surface area contributed by atoms with Gasteiger partial charge in [-0.1, -0.05) is 36.4 Å². The highest BCUT2D eigenvalue weighted by Gasteiger charge is 2.29. The summed E-state index contributed by atoms with van der Waals surface area (Å²) in [6.07, 6.45) is 2.84. The highest BCUT2D eigenvalue weighted by Crippen LogP contribution is 2.30. The number of benzene rings is 2. The summed E-state index contributed by atoms with van der Waals surface area (Å²) in [5.41, 5.74) is 5.48. The average molecular weight is 374 g/mol. The number of nitrogens with zero attached hydrogens (tertiary/aromatic N) is 3. The van der Waals surface area contributed by atoms with Gasteiger partial charge in [0.05, 0.1) is 6.04 Å². The van der Waals surface area contributed by atoms with E-state index in [0.717, 1.165) is 35.7 Å². The molecule has 1 unspecified atom stereocenters. The van der Waals surface area contributed by atoms with Gasteiger partial charge in [0.15, 0.2) is 0 Å². The lowest BCUT2D eigenvalue weighted by Crippen LogP contribution is -2.33. The first kappa shape index (κ1) is 18.3. The van der Waals surface area contributed by atoms with Crippen LogP contribution in [-0.2, 0) is 0 Å². The van der Waals surface area contributed by atoms with Gasteiger partial charge in [0.2, 0.25) is 0 Å². The first-order valence-electron chi connectivity index (χ1n) is 9.75. The molecule has 0 aliphatic carbocycles. The molecular formula is C23H26N4O. The maximum Gasteiger partial charge on any atom is 0.321 e. The van der Waals surface area contributed by atoms with Gasteiger partial charge >= 0.3 is 6.03 Å². The number of hydrogen-bond acceptors (Lipinski definition) is 2. The van der Waals surface area contributed by atoms with Gasteiger partial charge in [-0.05, 0) is 50.5 Å². The summed E-state index contributed by atoms with van der Waals surface area (Å²) >= 11 is 0. The summed E-state index contributed by atoms with van der Waals surface area (Å²) in [5, 5.41) is 3.04. The first-order valence-corrected chi connectivity index (χ1v) is 9.75. The zero-order valence-corrected chi connectivity index (χ0v) is 16.6. The van der Waals surface area contributed by atoms with E-state index in [-0.39, 0.29) is 12.1 Å². The van der Waals surface area contributed by atoms with Crippen LogP contribution in [0.4, 0.5) is 10.5 Å². The lowest BCUT2D eigenvalue weighted by molar-refractivity contribution is 0.221. The molecule has 1 aromatic heterocycles. The molecule has 1 N–H and O–H groups in total. The Morgan fingerprint density at radius 2 is 1.86 bits per heavy atom. The number of rotatable bonds is 3. The highest BCUT2D eigenvalue weighted by molar-refractivity contribution is 5.89. The molecule has 28 heavy (non-hydrogen) atoms. The van der Waals surface area contributed by atoms with Gasteiger partial charge in [-0.2, -0.15) is 0 Å². The highest BCUT2D eigenvalue weighted by atomic mass is 16.2. The van der Waals surface area contributed by atoms with Crippen molar-refractivity contribution in [2.75, 3.05) is 18.4 Å². The third kappa shape index (κ3) is 3.52. The molecule has 0 saturated carbocycles. The second-order valence-electron chi connectivity index (χ2n) is 7.58. The molecule has 1 aliphatic rings. The molecule has 1 aliphatic heterocycles. The van der Waals surface area contributed by atoms with Crippen molar-refractivity contribution in [2.24, 2.45) is 0 Å². The molecule has 1 fully saturated rings. The Hall–Kier alpha value is -3.08. The molecule has 0 spiro atoms. The van der Waals surface area contributed by atoms with Crippen LogP contribution < -0.4 is 5.32 Å². The molecule has 2 aromatic carbocycles. The monoisotopic (exact) mass is 374 g/mol. The van der Waals surface area contributed by atoms with E-state index in [0.29, 0.717) is 6.54 Å². The van der Waals surface area contributed by atoms with E-state index in [1.165, 1.54) is 11.1 Å². The van der Waals surface area contributed by atoms with Crippen molar-refractivity contribution in [2.45, 2.75) is 33.2 Å². The Labute approximate surface area is 166 Å². The van der Waals surface area contributed by atoms with E-state index in [1.807, 2.05) is 47.5 Å². The van der Waals surface area contributed by atoms with Crippen LogP contribution in [0.15, 0.2) is 54.7 Å². The van der Waals surface area contributed by atoms with Crippen LogP contribution in [0.3, 0.4) is 0 Å². The van der Waals surface area contributed by atoms with E-state index in [2.05, 4.69) is 47.8 Å². The van der Waals surface area contributed by atoms with Crippen LogP contribution in [0.2, 0.25) is 0 Å². The molecule has 2 amide bonds. The molecule has 144 valence electrons. The zero-order chi connectivity index (χ0) is 19.7. The van der Waals surface area contributed by atoms with E-state index < -0.39 is 0 Å². The number of hydrogen-bond donors (Lipinski definition) is 1. The molecule has 2 heterocycles. The molecule has 0 bridgehead atoms. The molecular weight excluding hydrogens is 348 g/mol. The number of aryl methyl sites for hydroxylation is 3. The van der Waals surface area contributed by atoms with Gasteiger partial charge in [-0.3, -0.25) is 0 Å². The van der Waals surface area contributed by atoms with E-state index in [9.17, 15) is 4.79 Å². The Morgan fingerprint density at radius 3 is 2.61 bits per heavy atom. The van der Waals surface area contributed by atoms with Gasteiger partial charge in [-0.25, -0.2) is 9.78 Å². The second kappa shape index (κ2) is 7.50. The Morgan fingerprint density at radius 1 is 1.07 bits per heavy atom. The van der Waals surface area contributed by atoms with Crippen molar-refractivity contribution in [3.05, 3.63) is 71.5 Å². The van der Waals surface area contributed by atoms with Crippen molar-refractivity contribution in [1.29, 1.82) is 0 Å². The van der Waals surface area contributed by atoms with Crippen molar-refractivity contribution in [1.82, 2.24) is 14.5 Å². The standard InChI is InChI=1S/C23H26N4O/c1-16-9-10-20(13-17(16)2)25-23(28)26-12-11-21(15-26)27-18(3)14-24-22(27)19-7-5-4-6-8-19/h4-10,13-14,21H,11-12,15H2,1-3H3,(H,25,28). The Balaban J connectivity index is 1.49. The number of nitrogens with one attached hydrogen (secondary N) is 1. The molecule has 1 atom stereocenters. The third-order valence-electron chi connectivity index (χ3n) is 5.59. The van der Waals surface area contributed by atoms with Crippen LogP contribution >= 0.6 is 0 Å². The van der Waals surface area contributed by atoms with E-state index >= 15 is 0 Å². The number of carbonyl (C=O) groups is 1. The Kier molecular flexibility index (Phi) is 4.90. The zero-order valence-electron chi connectivity index (χ0n) is 16.6. The van der Waals surface area contributed by atoms with Crippen LogP contribution in [0.5, 0.6) is 0 Å². The molecule has 4 rings (SSSR count). The number of amides is 2.